The molecule has 0 amide bonds. The van der Waals surface area contributed by atoms with Crippen molar-refractivity contribution in [1.82, 2.24) is 0 Å². The number of rotatable bonds is 7. The highest BCUT2D eigenvalue weighted by Crippen LogP contribution is 2.41. The topological polar surface area (TPSA) is 82.1 Å². The smallest absolute Gasteiger partial charge is 0.342 e. The predicted octanol–water partition coefficient (Wildman–Crippen LogP) is 8.55. The minimum absolute atomic E-state index is 0.0244. The van der Waals surface area contributed by atoms with Crippen LogP contribution in [0.4, 0.5) is 0 Å². The van der Waals surface area contributed by atoms with Gasteiger partial charge in [0.05, 0.1) is 6.10 Å². The Morgan fingerprint density at radius 3 is 2.25 bits per heavy atom. The second-order valence-corrected chi connectivity index (χ2v) is 23.7. The standard InChI is InChI=1S/C32H52O6Si2/c1-23-16-12-13-17-24-18-14-20-26(37-39(8,9)31(2,3)4)29(24)30(35)36-25(19-15-21-28(33)34)22-27(23)38-40(10,11)32(5,6)7/h12-15,18,20-21,23,25,27H,16-17,19,22H2,1-11H3,(H,33,34)/b13-12+,21-15+/t23-,25-,27+/m1/s1. The maximum Gasteiger partial charge on any atom is 0.342 e. The molecule has 0 saturated carbocycles. The number of carboxylic acid groups (broad SMARTS) is 1. The average molecular weight is 589 g/mol. The number of aliphatic carboxylic acids is 1. The van der Waals surface area contributed by atoms with Crippen molar-refractivity contribution in [1.29, 1.82) is 0 Å². The Balaban J connectivity index is 2.56. The number of benzene rings is 1. The molecule has 1 N–H and O–H groups in total. The molecule has 0 aromatic heterocycles. The van der Waals surface area contributed by atoms with Gasteiger partial charge >= 0.3 is 11.9 Å². The summed E-state index contributed by atoms with van der Waals surface area (Å²) in [6.45, 7) is 24.1. The zero-order valence-corrected chi connectivity index (χ0v) is 28.6. The molecule has 0 unspecified atom stereocenters. The summed E-state index contributed by atoms with van der Waals surface area (Å²) in [4.78, 5) is 25.1. The van der Waals surface area contributed by atoms with Gasteiger partial charge in [0.2, 0.25) is 0 Å². The van der Waals surface area contributed by atoms with Crippen molar-refractivity contribution in [3.05, 3.63) is 53.6 Å². The molecule has 3 atom stereocenters. The SMILES string of the molecule is C[C@@H]1C/C=C/Cc2cccc(O[Si](C)(C)C(C)(C)C)c2C(=O)O[C@H](C/C=C/C(=O)O)C[C@@H]1O[Si](C)(C)C(C)(C)C. The van der Waals surface area contributed by atoms with E-state index in [2.05, 4.69) is 86.8 Å². The highest BCUT2D eigenvalue weighted by Gasteiger charge is 2.42. The van der Waals surface area contributed by atoms with E-state index in [1.807, 2.05) is 18.2 Å². The number of hydrogen-bond acceptors (Lipinski definition) is 5. The van der Waals surface area contributed by atoms with Gasteiger partial charge in [0.15, 0.2) is 8.32 Å². The lowest BCUT2D eigenvalue weighted by atomic mass is 9.93. The zero-order valence-electron chi connectivity index (χ0n) is 26.6. The van der Waals surface area contributed by atoms with Crippen LogP contribution in [0.15, 0.2) is 42.5 Å². The normalized spacial score (nSPS) is 22.6. The Morgan fingerprint density at radius 2 is 1.68 bits per heavy atom. The summed E-state index contributed by atoms with van der Waals surface area (Å²) in [6, 6.07) is 5.76. The molecule has 0 radical (unpaired) electrons. The third-order valence-electron chi connectivity index (χ3n) is 8.82. The van der Waals surface area contributed by atoms with Crippen molar-refractivity contribution in [3.63, 3.8) is 0 Å². The van der Waals surface area contributed by atoms with Gasteiger partial charge in [-0.25, -0.2) is 9.59 Å². The molecule has 1 aromatic rings. The minimum atomic E-state index is -2.24. The molecule has 0 bridgehead atoms. The van der Waals surface area contributed by atoms with E-state index in [4.69, 9.17) is 13.6 Å². The summed E-state index contributed by atoms with van der Waals surface area (Å²) < 4.78 is 19.8. The number of carbonyl (C=O) groups is 2. The quantitative estimate of drug-likeness (QED) is 0.149. The highest BCUT2D eigenvalue weighted by atomic mass is 28.4. The number of ether oxygens (including phenoxy) is 1. The number of esters is 1. The van der Waals surface area contributed by atoms with E-state index in [9.17, 15) is 14.7 Å². The lowest BCUT2D eigenvalue weighted by Crippen LogP contribution is -2.46. The molecule has 40 heavy (non-hydrogen) atoms. The van der Waals surface area contributed by atoms with E-state index in [0.29, 0.717) is 30.6 Å². The van der Waals surface area contributed by atoms with Gasteiger partial charge in [-0.05, 0) is 66.7 Å². The number of carboxylic acids is 1. The number of allylic oxidation sites excluding steroid dienone is 2. The molecule has 6 nitrogen and oxygen atoms in total. The Kier molecular flexibility index (Phi) is 11.2. The Labute approximate surface area is 244 Å². The molecule has 1 aliphatic heterocycles. The molecule has 0 saturated heterocycles. The number of cyclic esters (lactones) is 1. The van der Waals surface area contributed by atoms with Crippen molar-refractivity contribution < 1.29 is 28.3 Å². The van der Waals surface area contributed by atoms with E-state index in [1.54, 1.807) is 6.08 Å². The predicted molar refractivity (Wildman–Crippen MR) is 168 cm³/mol. The second kappa shape index (κ2) is 13.2. The zero-order chi connectivity index (χ0) is 30.5. The number of fused-ring (bicyclic) bond motifs is 1. The first-order chi connectivity index (χ1) is 18.2. The molecule has 224 valence electrons. The lowest BCUT2D eigenvalue weighted by Gasteiger charge is -2.41. The van der Waals surface area contributed by atoms with Gasteiger partial charge in [0, 0.05) is 18.9 Å². The first-order valence-electron chi connectivity index (χ1n) is 14.5. The average Bonchev–Trinajstić information content (AvgIpc) is 2.78. The third-order valence-corrected chi connectivity index (χ3v) is 17.7. The third kappa shape index (κ3) is 9.18. The van der Waals surface area contributed by atoms with Crippen LogP contribution in [0, 0.1) is 5.92 Å². The minimum Gasteiger partial charge on any atom is -0.543 e. The van der Waals surface area contributed by atoms with Crippen LogP contribution in [0.25, 0.3) is 0 Å². The maximum atomic E-state index is 13.9. The summed E-state index contributed by atoms with van der Waals surface area (Å²) >= 11 is 0. The van der Waals surface area contributed by atoms with E-state index >= 15 is 0 Å². The van der Waals surface area contributed by atoms with Gasteiger partial charge in [-0.2, -0.15) is 0 Å². The fourth-order valence-corrected chi connectivity index (χ4v) is 6.56. The Hall–Kier alpha value is -2.17. The molecule has 2 rings (SSSR count). The number of carbonyl (C=O) groups excluding carboxylic acids is 1. The van der Waals surface area contributed by atoms with E-state index in [1.165, 1.54) is 0 Å². The summed E-state index contributed by atoms with van der Waals surface area (Å²) in [5.74, 6) is -0.711. The van der Waals surface area contributed by atoms with Crippen molar-refractivity contribution in [2.75, 3.05) is 0 Å². The van der Waals surface area contributed by atoms with Crippen LogP contribution in [0.1, 0.15) is 83.7 Å². The van der Waals surface area contributed by atoms with Crippen molar-refractivity contribution in [2.24, 2.45) is 5.92 Å². The molecule has 8 heteroatoms. The lowest BCUT2D eigenvalue weighted by molar-refractivity contribution is -0.131. The van der Waals surface area contributed by atoms with Gasteiger partial charge < -0.3 is 18.7 Å². The molecule has 1 aliphatic rings. The van der Waals surface area contributed by atoms with Crippen LogP contribution in [-0.2, 0) is 20.4 Å². The molecule has 1 aromatic carbocycles. The van der Waals surface area contributed by atoms with Crippen LogP contribution in [-0.4, -0.2) is 45.9 Å². The van der Waals surface area contributed by atoms with Crippen LogP contribution >= 0.6 is 0 Å². The summed E-state index contributed by atoms with van der Waals surface area (Å²) in [7, 11) is -4.36. The monoisotopic (exact) mass is 588 g/mol. The van der Waals surface area contributed by atoms with Gasteiger partial charge in [0.25, 0.3) is 8.32 Å². The maximum absolute atomic E-state index is 13.9. The van der Waals surface area contributed by atoms with Crippen LogP contribution in [0.3, 0.4) is 0 Å². The molecular weight excluding hydrogens is 537 g/mol. The van der Waals surface area contributed by atoms with E-state index < -0.39 is 34.7 Å². The van der Waals surface area contributed by atoms with Crippen molar-refractivity contribution in [2.45, 2.75) is 123 Å². The Morgan fingerprint density at radius 1 is 1.05 bits per heavy atom. The summed E-state index contributed by atoms with van der Waals surface area (Å²) in [6.07, 6.45) is 8.50. The van der Waals surface area contributed by atoms with E-state index in [0.717, 1.165) is 18.1 Å². The first-order valence-corrected chi connectivity index (χ1v) is 20.3. The van der Waals surface area contributed by atoms with Gasteiger partial charge in [0.1, 0.15) is 17.4 Å². The highest BCUT2D eigenvalue weighted by molar-refractivity contribution is 6.75. The van der Waals surface area contributed by atoms with Gasteiger partial charge in [-0.1, -0.05) is 78.8 Å². The first kappa shape index (κ1) is 34.0. The second-order valence-electron chi connectivity index (χ2n) is 14.2. The van der Waals surface area contributed by atoms with Crippen LogP contribution < -0.4 is 4.43 Å². The largest absolute Gasteiger partial charge is 0.543 e. The van der Waals surface area contributed by atoms with Crippen molar-refractivity contribution in [3.8, 4) is 5.75 Å². The summed E-state index contributed by atoms with van der Waals surface area (Å²) in [5, 5.41) is 9.17. The van der Waals surface area contributed by atoms with Crippen molar-refractivity contribution >= 4 is 28.6 Å². The van der Waals surface area contributed by atoms with Gasteiger partial charge in [-0.3, -0.25) is 0 Å². The van der Waals surface area contributed by atoms with Crippen LogP contribution in [0.5, 0.6) is 5.75 Å². The molecule has 0 fully saturated rings. The summed E-state index contributed by atoms with van der Waals surface area (Å²) in [5.41, 5.74) is 1.32. The fraction of sp³-hybridized carbons (Fsp3) is 0.625. The number of hydrogen-bond donors (Lipinski definition) is 1. The molecule has 1 heterocycles. The molecular formula is C32H52O6Si2. The van der Waals surface area contributed by atoms with Gasteiger partial charge in [-0.15, -0.1) is 0 Å². The molecule has 0 spiro atoms. The Bertz CT molecular complexity index is 1090. The fourth-order valence-electron chi connectivity index (χ4n) is 4.10. The van der Waals surface area contributed by atoms with Crippen LogP contribution in [0.2, 0.25) is 36.3 Å². The van der Waals surface area contributed by atoms with E-state index in [-0.39, 0.29) is 22.1 Å². The molecule has 0 aliphatic carbocycles.